The number of likely N-dealkylation sites (N-methyl/N-ethyl adjacent to an activating group) is 1. The van der Waals surface area contributed by atoms with Crippen LogP contribution in [0.2, 0.25) is 0 Å². The van der Waals surface area contributed by atoms with Crippen LogP contribution in [0.25, 0.3) is 22.5 Å². The van der Waals surface area contributed by atoms with Gasteiger partial charge in [-0.2, -0.15) is 0 Å². The Kier molecular flexibility index (Phi) is 8.96. The van der Waals surface area contributed by atoms with Crippen LogP contribution in [0.4, 0.5) is 0 Å². The highest BCUT2D eigenvalue weighted by atomic mass is 16.1. The van der Waals surface area contributed by atoms with Crippen molar-refractivity contribution in [2.45, 2.75) is 33.2 Å². The first-order valence-corrected chi connectivity index (χ1v) is 15.2. The van der Waals surface area contributed by atoms with Gasteiger partial charge in [0.1, 0.15) is 5.82 Å². The summed E-state index contributed by atoms with van der Waals surface area (Å²) in [4.78, 5) is 36.5. The van der Waals surface area contributed by atoms with E-state index >= 15 is 0 Å². The average Bonchev–Trinajstić information content (AvgIpc) is 3.05. The molecule has 1 aliphatic heterocycles. The third-order valence-electron chi connectivity index (χ3n) is 8.35. The second-order valence-corrected chi connectivity index (χ2v) is 11.9. The molecule has 4 heterocycles. The Morgan fingerprint density at radius 3 is 2.27 bits per heavy atom. The second kappa shape index (κ2) is 13.4. The van der Waals surface area contributed by atoms with Crippen molar-refractivity contribution in [2.75, 3.05) is 33.2 Å². The molecule has 44 heavy (non-hydrogen) atoms. The molecule has 0 saturated carbocycles. The summed E-state index contributed by atoms with van der Waals surface area (Å²) in [6.45, 7) is 9.41. The van der Waals surface area contributed by atoms with E-state index in [1.807, 2.05) is 61.9 Å². The van der Waals surface area contributed by atoms with E-state index in [0.717, 1.165) is 88.9 Å². The molecule has 7 nitrogen and oxygen atoms in total. The number of aromatic nitrogens is 4. The maximum atomic E-state index is 13.2. The van der Waals surface area contributed by atoms with Crippen molar-refractivity contribution in [3.63, 3.8) is 0 Å². The standard InChI is InChI=1S/C37H38N6O/c1-26-4-11-34(40-22-26)32-20-33(24-38-23-32)35-12-13-39-37(41-35)21-31-18-29(6-5-27(31)2)19-36(44)30-9-7-28(8-10-30)25-43-16-14-42(3)15-17-43/h4-13,18,20,22-24H,14-17,19,21,25H2,1-3H3. The Bertz CT molecular complexity index is 1740. The highest BCUT2D eigenvalue weighted by Gasteiger charge is 2.15. The Morgan fingerprint density at radius 1 is 0.773 bits per heavy atom. The van der Waals surface area contributed by atoms with Gasteiger partial charge in [0.25, 0.3) is 0 Å². The molecule has 2 aromatic carbocycles. The largest absolute Gasteiger partial charge is 0.304 e. The summed E-state index contributed by atoms with van der Waals surface area (Å²) < 4.78 is 0. The van der Waals surface area contributed by atoms with Gasteiger partial charge < -0.3 is 4.90 Å². The number of rotatable bonds is 9. The summed E-state index contributed by atoms with van der Waals surface area (Å²) in [5.41, 5.74) is 9.94. The molecule has 0 radical (unpaired) electrons. The minimum atomic E-state index is 0.125. The summed E-state index contributed by atoms with van der Waals surface area (Å²) in [5, 5.41) is 0. The monoisotopic (exact) mass is 582 g/mol. The Labute approximate surface area is 259 Å². The normalized spacial score (nSPS) is 14.1. The third-order valence-corrected chi connectivity index (χ3v) is 8.35. The van der Waals surface area contributed by atoms with Crippen LogP contribution >= 0.6 is 0 Å². The zero-order valence-corrected chi connectivity index (χ0v) is 25.7. The molecule has 3 aromatic heterocycles. The van der Waals surface area contributed by atoms with Gasteiger partial charge in [-0.3, -0.25) is 19.7 Å². The lowest BCUT2D eigenvalue weighted by Gasteiger charge is -2.32. The van der Waals surface area contributed by atoms with E-state index in [4.69, 9.17) is 4.98 Å². The van der Waals surface area contributed by atoms with Gasteiger partial charge in [-0.1, -0.05) is 48.5 Å². The first-order chi connectivity index (χ1) is 21.4. The third kappa shape index (κ3) is 7.30. The lowest BCUT2D eigenvalue weighted by atomic mass is 9.97. The molecule has 0 atom stereocenters. The average molecular weight is 583 g/mol. The first-order valence-electron chi connectivity index (χ1n) is 15.2. The SMILES string of the molecule is Cc1ccc(-c2cncc(-c3ccnc(Cc4cc(CC(=O)c5ccc(CN6CCN(C)CC6)cc5)ccc4C)n3)c2)nc1. The molecular weight excluding hydrogens is 544 g/mol. The van der Waals surface area contributed by atoms with Gasteiger partial charge in [-0.05, 0) is 66.9 Å². The minimum absolute atomic E-state index is 0.125. The molecular formula is C37H38N6O. The first kappa shape index (κ1) is 29.5. The van der Waals surface area contributed by atoms with E-state index in [-0.39, 0.29) is 5.78 Å². The summed E-state index contributed by atoms with van der Waals surface area (Å²) in [5.74, 6) is 0.850. The maximum absolute atomic E-state index is 13.2. The predicted molar refractivity (Wildman–Crippen MR) is 174 cm³/mol. The molecule has 0 spiro atoms. The van der Waals surface area contributed by atoms with Gasteiger partial charge in [0, 0.05) is 87.0 Å². The molecule has 1 aliphatic rings. The summed E-state index contributed by atoms with van der Waals surface area (Å²) in [6, 6.07) is 22.4. The summed E-state index contributed by atoms with van der Waals surface area (Å²) >= 11 is 0. The van der Waals surface area contributed by atoms with Crippen LogP contribution in [-0.2, 0) is 19.4 Å². The fraction of sp³-hybridized carbons (Fsp3) is 0.270. The number of piperazine rings is 1. The van der Waals surface area contributed by atoms with Crippen molar-refractivity contribution in [3.8, 4) is 22.5 Å². The summed E-state index contributed by atoms with van der Waals surface area (Å²) in [6.07, 6.45) is 8.24. The number of carbonyl (C=O) groups excluding carboxylic acids is 1. The van der Waals surface area contributed by atoms with Crippen LogP contribution in [0.5, 0.6) is 0 Å². The fourth-order valence-corrected chi connectivity index (χ4v) is 5.55. The molecule has 1 fully saturated rings. The maximum Gasteiger partial charge on any atom is 0.167 e. The van der Waals surface area contributed by atoms with Crippen molar-refractivity contribution in [3.05, 3.63) is 131 Å². The molecule has 0 bridgehead atoms. The van der Waals surface area contributed by atoms with Crippen molar-refractivity contribution < 1.29 is 4.79 Å². The second-order valence-electron chi connectivity index (χ2n) is 11.9. The van der Waals surface area contributed by atoms with E-state index in [1.165, 1.54) is 5.56 Å². The Balaban J connectivity index is 1.12. The van der Waals surface area contributed by atoms with E-state index < -0.39 is 0 Å². The van der Waals surface area contributed by atoms with Crippen molar-refractivity contribution in [1.82, 2.24) is 29.7 Å². The van der Waals surface area contributed by atoms with Crippen molar-refractivity contribution >= 4 is 5.78 Å². The van der Waals surface area contributed by atoms with Gasteiger partial charge in [0.2, 0.25) is 0 Å². The quantitative estimate of drug-likeness (QED) is 0.198. The number of nitrogens with zero attached hydrogens (tertiary/aromatic N) is 6. The highest BCUT2D eigenvalue weighted by molar-refractivity contribution is 5.97. The zero-order chi connectivity index (χ0) is 30.5. The number of ketones is 1. The molecule has 1 saturated heterocycles. The number of hydrogen-bond donors (Lipinski definition) is 0. The van der Waals surface area contributed by atoms with Gasteiger partial charge in [0.05, 0.1) is 11.4 Å². The lowest BCUT2D eigenvalue weighted by Crippen LogP contribution is -2.43. The highest BCUT2D eigenvalue weighted by Crippen LogP contribution is 2.24. The number of pyridine rings is 2. The van der Waals surface area contributed by atoms with Crippen LogP contribution in [0.1, 0.15) is 44.0 Å². The van der Waals surface area contributed by atoms with Crippen LogP contribution in [-0.4, -0.2) is 68.7 Å². The molecule has 0 aliphatic carbocycles. The minimum Gasteiger partial charge on any atom is -0.304 e. The van der Waals surface area contributed by atoms with Gasteiger partial charge in [-0.25, -0.2) is 9.97 Å². The Hall–Kier alpha value is -4.59. The molecule has 0 amide bonds. The number of Topliss-reactive ketones (excluding diaryl/α,β-unsaturated/α-hetero) is 1. The molecule has 0 unspecified atom stereocenters. The van der Waals surface area contributed by atoms with Crippen LogP contribution < -0.4 is 0 Å². The zero-order valence-electron chi connectivity index (χ0n) is 25.7. The summed E-state index contributed by atoms with van der Waals surface area (Å²) in [7, 11) is 2.17. The molecule has 5 aromatic rings. The molecule has 6 rings (SSSR count). The molecule has 7 heteroatoms. The van der Waals surface area contributed by atoms with E-state index in [1.54, 1.807) is 6.20 Å². The smallest absolute Gasteiger partial charge is 0.167 e. The van der Waals surface area contributed by atoms with Crippen molar-refractivity contribution in [2.24, 2.45) is 0 Å². The predicted octanol–water partition coefficient (Wildman–Crippen LogP) is 5.98. The van der Waals surface area contributed by atoms with Crippen LogP contribution in [0.15, 0.2) is 91.5 Å². The number of carbonyl (C=O) groups is 1. The van der Waals surface area contributed by atoms with Crippen LogP contribution in [0.3, 0.4) is 0 Å². The molecule has 222 valence electrons. The number of aryl methyl sites for hydroxylation is 2. The van der Waals surface area contributed by atoms with Gasteiger partial charge in [-0.15, -0.1) is 0 Å². The van der Waals surface area contributed by atoms with E-state index in [0.29, 0.717) is 12.8 Å². The van der Waals surface area contributed by atoms with Crippen LogP contribution in [0, 0.1) is 13.8 Å². The topological polar surface area (TPSA) is 75.1 Å². The van der Waals surface area contributed by atoms with Gasteiger partial charge >= 0.3 is 0 Å². The van der Waals surface area contributed by atoms with E-state index in [2.05, 4.69) is 69.1 Å². The van der Waals surface area contributed by atoms with E-state index in [9.17, 15) is 4.79 Å². The molecule has 0 N–H and O–H groups in total. The Morgan fingerprint density at radius 2 is 1.52 bits per heavy atom. The van der Waals surface area contributed by atoms with Gasteiger partial charge in [0.15, 0.2) is 5.78 Å². The lowest BCUT2D eigenvalue weighted by molar-refractivity contribution is 0.0993. The van der Waals surface area contributed by atoms with Crippen molar-refractivity contribution in [1.29, 1.82) is 0 Å². The fourth-order valence-electron chi connectivity index (χ4n) is 5.55. The number of benzene rings is 2. The number of hydrogen-bond acceptors (Lipinski definition) is 7.